The van der Waals surface area contributed by atoms with E-state index in [0.29, 0.717) is 10.0 Å². The third-order valence-corrected chi connectivity index (χ3v) is 3.53. The molecule has 0 radical (unpaired) electrons. The first-order chi connectivity index (χ1) is 7.71. The van der Waals surface area contributed by atoms with Crippen molar-refractivity contribution in [2.24, 2.45) is 5.41 Å². The second-order valence-corrected chi connectivity index (χ2v) is 6.08. The number of halogens is 1. The van der Waals surface area contributed by atoms with E-state index in [1.807, 2.05) is 6.92 Å². The zero-order valence-corrected chi connectivity index (χ0v) is 12.1. The average Bonchev–Trinajstić information content (AvgIpc) is 2.20. The molecule has 1 aromatic rings. The fourth-order valence-corrected chi connectivity index (χ4v) is 1.40. The predicted octanol–water partition coefficient (Wildman–Crippen LogP) is 3.32. The van der Waals surface area contributed by atoms with Crippen LogP contribution in [0.1, 0.15) is 38.1 Å². The minimum absolute atomic E-state index is 0.00701. The number of carbonyl (C=O) groups excluding carboxylic acids is 1. The number of benzene rings is 1. The monoisotopic (exact) mass is 299 g/mol. The van der Waals surface area contributed by atoms with Crippen molar-refractivity contribution in [3.8, 4) is 5.75 Å². The minimum atomic E-state index is -0.171. The lowest BCUT2D eigenvalue weighted by molar-refractivity contribution is 0.0909. The first-order valence-electron chi connectivity index (χ1n) is 5.51. The van der Waals surface area contributed by atoms with Crippen molar-refractivity contribution >= 4 is 21.8 Å². The summed E-state index contributed by atoms with van der Waals surface area (Å²) >= 11 is 3.18. The zero-order chi connectivity index (χ0) is 13.2. The molecular weight excluding hydrogens is 282 g/mol. The third kappa shape index (κ3) is 3.73. The van der Waals surface area contributed by atoms with E-state index in [2.05, 4.69) is 42.0 Å². The highest BCUT2D eigenvalue weighted by Crippen LogP contribution is 2.25. The molecule has 0 aromatic heterocycles. The molecule has 0 bridgehead atoms. The van der Waals surface area contributed by atoms with Gasteiger partial charge in [-0.2, -0.15) is 0 Å². The average molecular weight is 300 g/mol. The van der Waals surface area contributed by atoms with E-state index in [9.17, 15) is 9.90 Å². The molecule has 94 valence electrons. The number of amides is 1. The van der Waals surface area contributed by atoms with Gasteiger partial charge in [-0.25, -0.2) is 0 Å². The molecule has 0 saturated heterocycles. The van der Waals surface area contributed by atoms with Gasteiger partial charge in [0.2, 0.25) is 0 Å². The quantitative estimate of drug-likeness (QED) is 0.880. The van der Waals surface area contributed by atoms with Gasteiger partial charge < -0.3 is 10.4 Å². The van der Waals surface area contributed by atoms with Crippen molar-refractivity contribution in [2.75, 3.05) is 0 Å². The van der Waals surface area contributed by atoms with E-state index < -0.39 is 0 Å². The Kier molecular flexibility index (Phi) is 4.20. The first-order valence-corrected chi connectivity index (χ1v) is 6.30. The van der Waals surface area contributed by atoms with Gasteiger partial charge in [0.25, 0.3) is 5.91 Å². The largest absolute Gasteiger partial charge is 0.507 e. The Balaban J connectivity index is 2.80. The summed E-state index contributed by atoms with van der Waals surface area (Å²) in [6, 6.07) is 4.84. The van der Waals surface area contributed by atoms with Crippen LogP contribution in [0.15, 0.2) is 22.7 Å². The molecule has 0 saturated carbocycles. The van der Waals surface area contributed by atoms with Gasteiger partial charge in [-0.1, -0.05) is 20.8 Å². The Bertz CT molecular complexity index is 424. The van der Waals surface area contributed by atoms with E-state index in [-0.39, 0.29) is 23.1 Å². The van der Waals surface area contributed by atoms with Crippen molar-refractivity contribution < 1.29 is 9.90 Å². The molecule has 0 heterocycles. The maximum absolute atomic E-state index is 11.9. The second-order valence-electron chi connectivity index (χ2n) is 5.23. The molecule has 1 rings (SSSR count). The molecule has 1 aromatic carbocycles. The van der Waals surface area contributed by atoms with E-state index in [1.54, 1.807) is 12.1 Å². The summed E-state index contributed by atoms with van der Waals surface area (Å²) in [7, 11) is 0. The third-order valence-electron chi connectivity index (χ3n) is 2.85. The van der Waals surface area contributed by atoms with E-state index in [0.717, 1.165) is 0 Å². The van der Waals surface area contributed by atoms with Crippen LogP contribution in [0.4, 0.5) is 0 Å². The van der Waals surface area contributed by atoms with Gasteiger partial charge in [0.15, 0.2) is 0 Å². The maximum atomic E-state index is 11.9. The summed E-state index contributed by atoms with van der Waals surface area (Å²) in [6.07, 6.45) is 0. The summed E-state index contributed by atoms with van der Waals surface area (Å²) in [6.45, 7) is 8.17. The van der Waals surface area contributed by atoms with Crippen LogP contribution in [0.25, 0.3) is 0 Å². The lowest BCUT2D eigenvalue weighted by Crippen LogP contribution is -2.41. The summed E-state index contributed by atoms with van der Waals surface area (Å²) in [5, 5.41) is 12.4. The van der Waals surface area contributed by atoms with Crippen LogP contribution >= 0.6 is 15.9 Å². The van der Waals surface area contributed by atoms with Crippen molar-refractivity contribution in [3.63, 3.8) is 0 Å². The molecule has 0 aliphatic carbocycles. The van der Waals surface area contributed by atoms with Gasteiger partial charge >= 0.3 is 0 Å². The lowest BCUT2D eigenvalue weighted by Gasteiger charge is -2.28. The number of phenolic OH excluding ortho intramolecular Hbond substituents is 1. The number of phenols is 1. The number of nitrogens with one attached hydrogen (secondary N) is 1. The van der Waals surface area contributed by atoms with Gasteiger partial charge in [0.1, 0.15) is 5.75 Å². The topological polar surface area (TPSA) is 49.3 Å². The zero-order valence-electron chi connectivity index (χ0n) is 10.5. The van der Waals surface area contributed by atoms with E-state index in [1.165, 1.54) is 6.07 Å². The van der Waals surface area contributed by atoms with Crippen LogP contribution in [0.2, 0.25) is 0 Å². The van der Waals surface area contributed by atoms with Crippen LogP contribution in [0.5, 0.6) is 5.75 Å². The van der Waals surface area contributed by atoms with Gasteiger partial charge in [0.05, 0.1) is 4.47 Å². The minimum Gasteiger partial charge on any atom is -0.507 e. The number of hydrogen-bond acceptors (Lipinski definition) is 2. The van der Waals surface area contributed by atoms with Crippen molar-refractivity contribution in [1.82, 2.24) is 5.32 Å². The molecular formula is C13H18BrNO2. The molecule has 0 aliphatic rings. The van der Waals surface area contributed by atoms with Crippen molar-refractivity contribution in [1.29, 1.82) is 0 Å². The fraction of sp³-hybridized carbons (Fsp3) is 0.462. The second kappa shape index (κ2) is 5.08. The van der Waals surface area contributed by atoms with Crippen molar-refractivity contribution in [2.45, 2.75) is 33.7 Å². The molecule has 0 fully saturated rings. The SMILES string of the molecule is CC(NC(=O)c1ccc(Br)c(O)c1)C(C)(C)C. The molecule has 4 heteroatoms. The molecule has 0 spiro atoms. The predicted molar refractivity (Wildman–Crippen MR) is 72.2 cm³/mol. The number of rotatable bonds is 2. The van der Waals surface area contributed by atoms with Crippen LogP contribution < -0.4 is 5.32 Å². The van der Waals surface area contributed by atoms with Crippen LogP contribution in [-0.4, -0.2) is 17.1 Å². The van der Waals surface area contributed by atoms with Crippen LogP contribution in [0, 0.1) is 5.41 Å². The lowest BCUT2D eigenvalue weighted by atomic mass is 9.88. The fourth-order valence-electron chi connectivity index (χ4n) is 1.15. The van der Waals surface area contributed by atoms with Gasteiger partial charge in [0, 0.05) is 11.6 Å². The summed E-state index contributed by atoms with van der Waals surface area (Å²) in [4.78, 5) is 11.9. The van der Waals surface area contributed by atoms with Crippen molar-refractivity contribution in [3.05, 3.63) is 28.2 Å². The molecule has 2 N–H and O–H groups in total. The maximum Gasteiger partial charge on any atom is 0.251 e. The summed E-state index contributed by atoms with van der Waals surface area (Å²) < 4.78 is 0.581. The smallest absolute Gasteiger partial charge is 0.251 e. The molecule has 3 nitrogen and oxygen atoms in total. The molecule has 1 atom stereocenters. The number of hydrogen-bond donors (Lipinski definition) is 2. The van der Waals surface area contributed by atoms with Gasteiger partial charge in [-0.3, -0.25) is 4.79 Å². The Morgan fingerprint density at radius 3 is 2.47 bits per heavy atom. The highest BCUT2D eigenvalue weighted by atomic mass is 79.9. The highest BCUT2D eigenvalue weighted by Gasteiger charge is 2.22. The van der Waals surface area contributed by atoms with Crippen LogP contribution in [0.3, 0.4) is 0 Å². The number of carbonyl (C=O) groups is 1. The normalized spacial score (nSPS) is 13.2. The first kappa shape index (κ1) is 14.0. The molecule has 1 amide bonds. The Morgan fingerprint density at radius 2 is 2.00 bits per heavy atom. The Morgan fingerprint density at radius 1 is 1.41 bits per heavy atom. The number of aromatic hydroxyl groups is 1. The highest BCUT2D eigenvalue weighted by molar-refractivity contribution is 9.10. The molecule has 17 heavy (non-hydrogen) atoms. The Labute approximate surface area is 110 Å². The summed E-state index contributed by atoms with van der Waals surface area (Å²) in [5.74, 6) is -0.101. The standard InChI is InChI=1S/C13H18BrNO2/c1-8(13(2,3)4)15-12(17)9-5-6-10(14)11(16)7-9/h5-8,16H,1-4H3,(H,15,17). The Hall–Kier alpha value is -1.03. The molecule has 1 unspecified atom stereocenters. The van der Waals surface area contributed by atoms with Gasteiger partial charge in [-0.15, -0.1) is 0 Å². The van der Waals surface area contributed by atoms with Gasteiger partial charge in [-0.05, 0) is 46.5 Å². The summed E-state index contributed by atoms with van der Waals surface area (Å²) in [5.41, 5.74) is 0.467. The van der Waals surface area contributed by atoms with E-state index in [4.69, 9.17) is 0 Å². The molecule has 0 aliphatic heterocycles. The van der Waals surface area contributed by atoms with Crippen LogP contribution in [-0.2, 0) is 0 Å². The van der Waals surface area contributed by atoms with E-state index >= 15 is 0 Å².